The van der Waals surface area contributed by atoms with Crippen molar-refractivity contribution in [3.63, 3.8) is 0 Å². The largest absolute Gasteiger partial charge is 0.492 e. The van der Waals surface area contributed by atoms with Crippen LogP contribution in [0.1, 0.15) is 69.4 Å². The van der Waals surface area contributed by atoms with Crippen molar-refractivity contribution in [3.8, 4) is 5.75 Å². The third-order valence-electron chi connectivity index (χ3n) is 5.67. The Kier molecular flexibility index (Phi) is 10.6. The van der Waals surface area contributed by atoms with E-state index in [0.29, 0.717) is 35.6 Å². The molecule has 1 aliphatic rings. The fourth-order valence-corrected chi connectivity index (χ4v) is 3.89. The molecule has 11 nitrogen and oxygen atoms in total. The predicted octanol–water partition coefficient (Wildman–Crippen LogP) is 5.75. The van der Waals surface area contributed by atoms with Crippen LogP contribution in [0.25, 0.3) is 0 Å². The Morgan fingerprint density at radius 1 is 0.881 bits per heavy atom. The number of benzene rings is 2. The molecule has 0 saturated heterocycles. The summed E-state index contributed by atoms with van der Waals surface area (Å²) in [5.41, 5.74) is 0.533. The van der Waals surface area contributed by atoms with Crippen LogP contribution in [0.2, 0.25) is 0 Å². The highest BCUT2D eigenvalue weighted by molar-refractivity contribution is 6.09. The van der Waals surface area contributed by atoms with Gasteiger partial charge in [-0.3, -0.25) is 9.69 Å². The molecule has 2 aromatic rings. The Morgan fingerprint density at radius 2 is 1.52 bits per heavy atom. The van der Waals surface area contributed by atoms with Gasteiger partial charge in [0.1, 0.15) is 17.0 Å². The summed E-state index contributed by atoms with van der Waals surface area (Å²) in [5.74, 6) is -0.110. The molecule has 3 rings (SSSR count). The maximum Gasteiger partial charge on any atom is 0.407 e. The maximum atomic E-state index is 13.5. The van der Waals surface area contributed by atoms with Gasteiger partial charge >= 0.3 is 18.2 Å². The molecule has 11 heteroatoms. The van der Waals surface area contributed by atoms with Crippen LogP contribution in [0, 0.1) is 0 Å². The van der Waals surface area contributed by atoms with Gasteiger partial charge in [0.25, 0.3) is 5.91 Å². The zero-order valence-electron chi connectivity index (χ0n) is 25.0. The predicted molar refractivity (Wildman–Crippen MR) is 158 cm³/mol. The number of carbonyl (C=O) groups is 4. The number of amides is 5. The van der Waals surface area contributed by atoms with Crippen LogP contribution in [-0.4, -0.2) is 53.4 Å². The summed E-state index contributed by atoms with van der Waals surface area (Å²) in [5, 5.41) is 8.20. The van der Waals surface area contributed by atoms with E-state index in [1.165, 1.54) is 0 Å². The Morgan fingerprint density at radius 3 is 2.19 bits per heavy atom. The molecule has 0 atom stereocenters. The summed E-state index contributed by atoms with van der Waals surface area (Å²) in [6, 6.07) is 11.2. The number of anilines is 1. The average Bonchev–Trinajstić information content (AvgIpc) is 2.89. The van der Waals surface area contributed by atoms with Gasteiger partial charge in [0.05, 0.1) is 12.2 Å². The molecule has 0 unspecified atom stereocenters. The zero-order valence-corrected chi connectivity index (χ0v) is 25.0. The zero-order chi connectivity index (χ0) is 30.9. The lowest BCUT2D eigenvalue weighted by Crippen LogP contribution is -2.40. The topological polar surface area (TPSA) is 135 Å². The van der Waals surface area contributed by atoms with Crippen molar-refractivity contribution >= 4 is 29.8 Å². The van der Waals surface area contributed by atoms with Crippen LogP contribution in [0.3, 0.4) is 0 Å². The van der Waals surface area contributed by atoms with Crippen molar-refractivity contribution < 1.29 is 33.4 Å². The van der Waals surface area contributed by atoms with Gasteiger partial charge in [0.15, 0.2) is 0 Å². The third kappa shape index (κ3) is 10.1. The number of nitrogens with one attached hydrogen (secondary N) is 3. The smallest absolute Gasteiger partial charge is 0.407 e. The fraction of sp³-hybridized carbons (Fsp3) is 0.419. The van der Waals surface area contributed by atoms with Crippen molar-refractivity contribution in [2.24, 2.45) is 0 Å². The molecule has 2 aromatic carbocycles. The normalized spacial score (nSPS) is 14.5. The molecule has 1 aliphatic heterocycles. The second-order valence-corrected chi connectivity index (χ2v) is 11.7. The van der Waals surface area contributed by atoms with E-state index in [2.05, 4.69) is 16.0 Å². The summed E-state index contributed by atoms with van der Waals surface area (Å²) in [6.07, 6.45) is 3.00. The number of hydrogen-bond acceptors (Lipinski definition) is 7. The quantitative estimate of drug-likeness (QED) is 0.383. The fourth-order valence-electron chi connectivity index (χ4n) is 3.89. The van der Waals surface area contributed by atoms with Gasteiger partial charge in [-0.05, 0) is 77.3 Å². The van der Waals surface area contributed by atoms with Crippen LogP contribution in [0.15, 0.2) is 54.6 Å². The van der Waals surface area contributed by atoms with E-state index in [9.17, 15) is 19.2 Å². The standard InChI is InChI=1S/C31H40N4O7/c1-30(2,3)41-28(38)32-19-21-14-15-24(22(18-21)20-33-29(39)42-31(4,5)6)34-27(37)35-16-10-7-11-17-40-25-13-9-8-12-23(25)26(35)36/h7-10,12-15,18H,11,16-17,19-20H2,1-6H3,(H,32,38)(H,33,39)(H,34,37)/b10-7-. The number of imide groups is 1. The van der Waals surface area contributed by atoms with Crippen molar-refractivity contribution in [1.82, 2.24) is 15.5 Å². The second-order valence-electron chi connectivity index (χ2n) is 11.7. The van der Waals surface area contributed by atoms with Crippen LogP contribution in [-0.2, 0) is 22.6 Å². The van der Waals surface area contributed by atoms with E-state index in [1.54, 1.807) is 90.1 Å². The molecule has 0 fully saturated rings. The molecule has 3 N–H and O–H groups in total. The second kappa shape index (κ2) is 13.9. The maximum absolute atomic E-state index is 13.5. The van der Waals surface area contributed by atoms with Crippen LogP contribution >= 0.6 is 0 Å². The van der Waals surface area contributed by atoms with E-state index < -0.39 is 35.3 Å². The van der Waals surface area contributed by atoms with Crippen molar-refractivity contribution in [1.29, 1.82) is 0 Å². The molecule has 0 bridgehead atoms. The van der Waals surface area contributed by atoms with E-state index in [0.717, 1.165) is 4.90 Å². The number of rotatable bonds is 5. The average molecular weight is 581 g/mol. The molecule has 0 spiro atoms. The summed E-state index contributed by atoms with van der Waals surface area (Å²) >= 11 is 0. The highest BCUT2D eigenvalue weighted by atomic mass is 16.6. The van der Waals surface area contributed by atoms with Crippen molar-refractivity contribution in [3.05, 3.63) is 71.3 Å². The van der Waals surface area contributed by atoms with Gasteiger partial charge in [-0.1, -0.05) is 36.4 Å². The van der Waals surface area contributed by atoms with Crippen molar-refractivity contribution in [2.75, 3.05) is 18.5 Å². The Balaban J connectivity index is 1.84. The number of fused-ring (bicyclic) bond motifs is 1. The summed E-state index contributed by atoms with van der Waals surface area (Å²) in [6.45, 7) is 11.2. The summed E-state index contributed by atoms with van der Waals surface area (Å²) in [4.78, 5) is 52.6. The first-order valence-corrected chi connectivity index (χ1v) is 13.8. The number of nitrogens with zero attached hydrogens (tertiary/aromatic N) is 1. The van der Waals surface area contributed by atoms with Gasteiger partial charge in [-0.2, -0.15) is 0 Å². The summed E-state index contributed by atoms with van der Waals surface area (Å²) < 4.78 is 16.4. The first-order chi connectivity index (χ1) is 19.7. The van der Waals surface area contributed by atoms with E-state index in [-0.39, 0.29) is 25.2 Å². The minimum atomic E-state index is -0.697. The highest BCUT2D eigenvalue weighted by Gasteiger charge is 2.26. The van der Waals surface area contributed by atoms with E-state index in [1.807, 2.05) is 6.08 Å². The van der Waals surface area contributed by atoms with Gasteiger partial charge in [0.2, 0.25) is 0 Å². The number of hydrogen-bond donors (Lipinski definition) is 3. The molecule has 0 radical (unpaired) electrons. The number of ether oxygens (including phenoxy) is 3. The monoisotopic (exact) mass is 580 g/mol. The number of urea groups is 1. The van der Waals surface area contributed by atoms with Crippen molar-refractivity contribution in [2.45, 2.75) is 72.3 Å². The first-order valence-electron chi connectivity index (χ1n) is 13.8. The molecule has 226 valence electrons. The molecule has 0 aliphatic carbocycles. The minimum Gasteiger partial charge on any atom is -0.492 e. The Hall–Kier alpha value is -4.54. The molecular weight excluding hydrogens is 540 g/mol. The van der Waals surface area contributed by atoms with E-state index in [4.69, 9.17) is 14.2 Å². The third-order valence-corrected chi connectivity index (χ3v) is 5.67. The number of alkyl carbamates (subject to hydrolysis) is 2. The molecule has 1 heterocycles. The van der Waals surface area contributed by atoms with Gasteiger partial charge in [0, 0.05) is 25.3 Å². The Labute approximate surface area is 246 Å². The molecule has 5 amide bonds. The summed E-state index contributed by atoms with van der Waals surface area (Å²) in [7, 11) is 0. The Bertz CT molecular complexity index is 1330. The molecular formula is C31H40N4O7. The lowest BCUT2D eigenvalue weighted by molar-refractivity contribution is 0.0513. The van der Waals surface area contributed by atoms with Gasteiger partial charge < -0.3 is 30.2 Å². The molecule has 42 heavy (non-hydrogen) atoms. The van der Waals surface area contributed by atoms with Gasteiger partial charge in [-0.15, -0.1) is 0 Å². The van der Waals surface area contributed by atoms with Gasteiger partial charge in [-0.25, -0.2) is 14.4 Å². The minimum absolute atomic E-state index is 0.00925. The van der Waals surface area contributed by atoms with E-state index >= 15 is 0 Å². The SMILES string of the molecule is CC(C)(C)OC(=O)NCc1ccc(NC(=O)N2C/C=C\CCOc3ccccc3C2=O)c(CNC(=O)OC(C)(C)C)c1. The first kappa shape index (κ1) is 32.0. The lowest BCUT2D eigenvalue weighted by Gasteiger charge is -2.23. The van der Waals surface area contributed by atoms with Crippen LogP contribution < -0.4 is 20.7 Å². The van der Waals surface area contributed by atoms with Crippen LogP contribution in [0.5, 0.6) is 5.75 Å². The van der Waals surface area contributed by atoms with Crippen LogP contribution in [0.4, 0.5) is 20.1 Å². The lowest BCUT2D eigenvalue weighted by atomic mass is 10.1. The number of para-hydroxylation sites is 1. The highest BCUT2D eigenvalue weighted by Crippen LogP contribution is 2.23. The molecule has 0 saturated carbocycles. The molecule has 0 aromatic heterocycles. The number of carbonyl (C=O) groups excluding carboxylic acids is 4.